The van der Waals surface area contributed by atoms with E-state index < -0.39 is 0 Å². The summed E-state index contributed by atoms with van der Waals surface area (Å²) in [5, 5.41) is 0. The van der Waals surface area contributed by atoms with Crippen LogP contribution in [0.2, 0.25) is 0 Å². The maximum absolute atomic E-state index is 3.16. The Hall–Kier alpha value is -0.512. The summed E-state index contributed by atoms with van der Waals surface area (Å²) in [6.45, 7) is 0. The van der Waals surface area contributed by atoms with Crippen LogP contribution in [-0.4, -0.2) is 14.1 Å². The number of rotatable bonds is 1. The zero-order valence-corrected chi connectivity index (χ0v) is 9.60. The van der Waals surface area contributed by atoms with E-state index in [0.717, 1.165) is 0 Å². The molecule has 0 spiro atoms. The fourth-order valence-corrected chi connectivity index (χ4v) is 1.32. The van der Waals surface area contributed by atoms with Crippen molar-refractivity contribution in [2.45, 2.75) is 0 Å². The first-order chi connectivity index (χ1) is 5.24. The van der Waals surface area contributed by atoms with Crippen molar-refractivity contribution in [1.82, 2.24) is 0 Å². The molecule has 1 nitrogen and oxygen atoms in total. The van der Waals surface area contributed by atoms with Gasteiger partial charge in [0.15, 0.2) is 0 Å². The van der Waals surface area contributed by atoms with Crippen molar-refractivity contribution in [3.8, 4) is 4.20 Å². The Morgan fingerprint density at radius 2 is 1.73 bits per heavy atom. The van der Waals surface area contributed by atoms with E-state index in [0.29, 0.717) is 0 Å². The van der Waals surface area contributed by atoms with Crippen molar-refractivity contribution in [1.29, 1.82) is 0 Å². The van der Waals surface area contributed by atoms with E-state index >= 15 is 0 Å². The molecule has 1 aromatic carbocycles. The van der Waals surface area contributed by atoms with Gasteiger partial charge in [-0.3, -0.25) is 0 Å². The van der Waals surface area contributed by atoms with Crippen LogP contribution in [0.4, 0.5) is 5.69 Å². The van der Waals surface area contributed by atoms with E-state index in [-0.39, 0.29) is 0 Å². The maximum atomic E-state index is 3.16. The third-order valence-corrected chi connectivity index (χ3v) is 2.35. The second-order valence-corrected chi connectivity index (χ2v) is 3.28. The van der Waals surface area contributed by atoms with Crippen LogP contribution in [0.5, 0.6) is 0 Å². The summed E-state index contributed by atoms with van der Waals surface area (Å²) in [4.78, 5) is 2.09. The summed E-state index contributed by atoms with van der Waals surface area (Å²) >= 11 is 1.37. The molecule has 0 aromatic heterocycles. The van der Waals surface area contributed by atoms with Crippen molar-refractivity contribution in [2.75, 3.05) is 19.0 Å². The average Bonchev–Trinajstić information content (AvgIpc) is 2.05. The van der Waals surface area contributed by atoms with Crippen molar-refractivity contribution in [2.24, 2.45) is 0 Å². The van der Waals surface area contributed by atoms with Gasteiger partial charge in [-0.25, -0.2) is 0 Å². The molecule has 0 aliphatic heterocycles. The molecule has 2 heteroatoms. The molecule has 11 heavy (non-hydrogen) atoms. The summed E-state index contributed by atoms with van der Waals surface area (Å²) in [5.74, 6) is 0. The fraction of sp³-hybridized carbons (Fsp3) is 0.222. The minimum atomic E-state index is 1.19. The van der Waals surface area contributed by atoms with E-state index in [1.165, 1.54) is 30.4 Å². The molecule has 0 heterocycles. The monoisotopic (exact) mass is 316 g/mol. The molecule has 0 radical (unpaired) electrons. The van der Waals surface area contributed by atoms with Crippen LogP contribution in [0.1, 0.15) is 5.56 Å². The molecule has 1 aromatic rings. The Balaban J connectivity index is 2.94. The van der Waals surface area contributed by atoms with Crippen LogP contribution in [0.25, 0.3) is 0 Å². The molecule has 0 N–H and O–H groups in total. The van der Waals surface area contributed by atoms with Gasteiger partial charge in [0.2, 0.25) is 0 Å². The van der Waals surface area contributed by atoms with Crippen LogP contribution in [-0.2, 0) is 19.2 Å². The van der Waals surface area contributed by atoms with Crippen molar-refractivity contribution in [3.63, 3.8) is 0 Å². The van der Waals surface area contributed by atoms with Gasteiger partial charge in [-0.2, -0.15) is 0 Å². The summed E-state index contributed by atoms with van der Waals surface area (Å²) in [6.07, 6.45) is 0. The quantitative estimate of drug-likeness (QED) is 0.761. The third kappa shape index (κ3) is 2.22. The minimum absolute atomic E-state index is 1.19. The molecule has 0 atom stereocenters. The van der Waals surface area contributed by atoms with Gasteiger partial charge in [-0.1, -0.05) is 0 Å². The van der Waals surface area contributed by atoms with Crippen LogP contribution in [0.3, 0.4) is 0 Å². The van der Waals surface area contributed by atoms with Gasteiger partial charge in [0.1, 0.15) is 0 Å². The van der Waals surface area contributed by atoms with Crippen LogP contribution in [0, 0.1) is 4.20 Å². The zero-order valence-electron chi connectivity index (χ0n) is 6.66. The Morgan fingerprint density at radius 3 is 2.09 bits per heavy atom. The summed E-state index contributed by atoms with van der Waals surface area (Å²) in [6, 6.07) is 8.38. The van der Waals surface area contributed by atoms with E-state index in [9.17, 15) is 0 Å². The van der Waals surface area contributed by atoms with Crippen molar-refractivity contribution >= 4 is 5.69 Å². The van der Waals surface area contributed by atoms with Gasteiger partial charge in [0.25, 0.3) is 0 Å². The molecular formula is C9H10NW+. The molecule has 0 saturated carbocycles. The van der Waals surface area contributed by atoms with Gasteiger partial charge in [-0.05, 0) is 0 Å². The predicted molar refractivity (Wildman–Crippen MR) is 43.8 cm³/mol. The second kappa shape index (κ2) is 3.76. The van der Waals surface area contributed by atoms with E-state index in [1.807, 2.05) is 14.1 Å². The van der Waals surface area contributed by atoms with E-state index in [4.69, 9.17) is 0 Å². The topological polar surface area (TPSA) is 3.24 Å². The van der Waals surface area contributed by atoms with Gasteiger partial charge >= 0.3 is 77.9 Å². The van der Waals surface area contributed by atoms with E-state index in [1.54, 1.807) is 0 Å². The van der Waals surface area contributed by atoms with Crippen LogP contribution < -0.4 is 4.90 Å². The van der Waals surface area contributed by atoms with Crippen molar-refractivity contribution in [3.05, 3.63) is 29.8 Å². The Morgan fingerprint density at radius 1 is 1.18 bits per heavy atom. The first-order valence-electron chi connectivity index (χ1n) is 3.39. The molecule has 0 aliphatic rings. The Bertz CT molecular complexity index is 269. The third-order valence-electron chi connectivity index (χ3n) is 1.50. The first kappa shape index (κ1) is 8.58. The number of nitrogens with zero attached hydrogens (tertiary/aromatic N) is 1. The molecule has 56 valence electrons. The summed E-state index contributed by atoms with van der Waals surface area (Å²) in [7, 11) is 4.08. The van der Waals surface area contributed by atoms with Gasteiger partial charge in [-0.15, -0.1) is 0 Å². The Kier molecular flexibility index (Phi) is 2.93. The Labute approximate surface area is 78.0 Å². The number of benzene rings is 1. The van der Waals surface area contributed by atoms with Gasteiger partial charge < -0.3 is 0 Å². The summed E-state index contributed by atoms with van der Waals surface area (Å²) < 4.78 is 3.16. The normalized spacial score (nSPS) is 8.82. The van der Waals surface area contributed by atoms with Crippen LogP contribution in [0.15, 0.2) is 24.3 Å². The molecule has 0 bridgehead atoms. The SMILES string of the molecule is CN(C)c1ccc([C]#[W+])cc1. The second-order valence-electron chi connectivity index (χ2n) is 2.54. The van der Waals surface area contributed by atoms with Crippen LogP contribution >= 0.6 is 0 Å². The van der Waals surface area contributed by atoms with Gasteiger partial charge in [0, 0.05) is 0 Å². The molecular weight excluding hydrogens is 306 g/mol. The van der Waals surface area contributed by atoms with Gasteiger partial charge in [0.05, 0.1) is 0 Å². The van der Waals surface area contributed by atoms with E-state index in [2.05, 4.69) is 33.4 Å². The predicted octanol–water partition coefficient (Wildman–Crippen LogP) is 1.61. The molecule has 0 aliphatic carbocycles. The fourth-order valence-electron chi connectivity index (χ4n) is 0.828. The molecule has 1 rings (SSSR count). The number of anilines is 1. The zero-order chi connectivity index (χ0) is 8.27. The number of hydrogen-bond donors (Lipinski definition) is 0. The first-order valence-corrected chi connectivity index (χ1v) is 4.86. The standard InChI is InChI=1S/C9H10N.W/c1-8-4-6-9(7-5-8)10(2)3;/h4-7H,2-3H3;/q;+1. The molecule has 0 unspecified atom stereocenters. The average molecular weight is 316 g/mol. The molecule has 0 amide bonds. The molecule has 0 fully saturated rings. The number of hydrogen-bond acceptors (Lipinski definition) is 1. The summed E-state index contributed by atoms with van der Waals surface area (Å²) in [5.41, 5.74) is 2.42. The molecule has 0 saturated heterocycles. The van der Waals surface area contributed by atoms with Crippen molar-refractivity contribution < 1.29 is 19.2 Å².